The van der Waals surface area contributed by atoms with Crippen molar-refractivity contribution in [2.75, 3.05) is 39.6 Å². The Morgan fingerprint density at radius 3 is 0.979 bits per heavy atom. The van der Waals surface area contributed by atoms with E-state index in [2.05, 4.69) is 24.3 Å². The Morgan fingerprint density at radius 1 is 0.479 bits per heavy atom. The highest BCUT2D eigenvalue weighted by Crippen LogP contribution is 2.21. The second-order valence-electron chi connectivity index (χ2n) is 10.7. The lowest BCUT2D eigenvalue weighted by Crippen LogP contribution is -2.25. The van der Waals surface area contributed by atoms with Crippen LogP contribution in [0.4, 0.5) is 0 Å². The van der Waals surface area contributed by atoms with Crippen LogP contribution in [-0.2, 0) is 22.3 Å². The molecule has 0 amide bonds. The molecule has 0 bridgehead atoms. The molecule has 0 spiro atoms. The van der Waals surface area contributed by atoms with Crippen molar-refractivity contribution in [2.24, 2.45) is 0 Å². The summed E-state index contributed by atoms with van der Waals surface area (Å²) >= 11 is 0. The van der Waals surface area contributed by atoms with Crippen molar-refractivity contribution >= 4 is 0 Å². The number of ether oxygens (including phenoxy) is 6. The molecule has 0 aromatic heterocycles. The summed E-state index contributed by atoms with van der Waals surface area (Å²) in [6, 6.07) is 32.2. The summed E-state index contributed by atoms with van der Waals surface area (Å²) in [4.78, 5) is 0. The molecule has 0 aliphatic carbocycles. The van der Waals surface area contributed by atoms with Gasteiger partial charge >= 0.3 is 0 Å². The molecule has 2 atom stereocenters. The van der Waals surface area contributed by atoms with Gasteiger partial charge in [0.1, 0.15) is 67.7 Å². The molecule has 4 aromatic carbocycles. The van der Waals surface area contributed by atoms with Crippen LogP contribution in [0, 0.1) is 0 Å². The number of aliphatic hydroxyl groups excluding tert-OH is 1. The summed E-state index contributed by atoms with van der Waals surface area (Å²) < 4.78 is 33.3. The van der Waals surface area contributed by atoms with Crippen molar-refractivity contribution in [1.29, 1.82) is 0 Å². The van der Waals surface area contributed by atoms with E-state index >= 15 is 0 Å². The molecule has 2 fully saturated rings. The summed E-state index contributed by atoms with van der Waals surface area (Å²) in [7, 11) is 0. The average molecular weight is 659 g/mol. The third-order valence-electron chi connectivity index (χ3n) is 7.07. The third-order valence-corrected chi connectivity index (χ3v) is 7.07. The average Bonchev–Trinajstić information content (AvgIpc) is 4.10. The predicted octanol–water partition coefficient (Wildman–Crippen LogP) is 8.32. The zero-order valence-corrected chi connectivity index (χ0v) is 29.5. The quantitative estimate of drug-likeness (QED) is 0.121. The number of rotatable bonds is 16. The minimum Gasteiger partial charge on any atom is -0.491 e. The molecule has 48 heavy (non-hydrogen) atoms. The lowest BCUT2D eigenvalue weighted by atomic mass is 10.0. The van der Waals surface area contributed by atoms with E-state index in [4.69, 9.17) is 28.4 Å². The molecule has 2 aliphatic heterocycles. The van der Waals surface area contributed by atoms with Crippen LogP contribution in [0.25, 0.3) is 0 Å². The first-order valence-corrected chi connectivity index (χ1v) is 17.4. The van der Waals surface area contributed by atoms with Gasteiger partial charge in [-0.25, -0.2) is 0 Å². The minimum atomic E-state index is -0.747. The molecule has 1 N–H and O–H groups in total. The first-order chi connectivity index (χ1) is 23.6. The van der Waals surface area contributed by atoms with Crippen LogP contribution in [-0.4, -0.2) is 63.1 Å². The second-order valence-corrected chi connectivity index (χ2v) is 10.7. The summed E-state index contributed by atoms with van der Waals surface area (Å²) in [6.45, 7) is 15.1. The van der Waals surface area contributed by atoms with Crippen LogP contribution >= 0.6 is 0 Å². The molecule has 7 nitrogen and oxygen atoms in total. The van der Waals surface area contributed by atoms with Crippen molar-refractivity contribution < 1.29 is 33.5 Å². The maximum atomic E-state index is 10.4. The van der Waals surface area contributed by atoms with E-state index in [9.17, 15) is 5.11 Å². The Morgan fingerprint density at radius 2 is 0.729 bits per heavy atom. The normalized spacial score (nSPS) is 15.9. The van der Waals surface area contributed by atoms with Crippen LogP contribution in [0.15, 0.2) is 97.1 Å². The summed E-state index contributed by atoms with van der Waals surface area (Å²) in [5.41, 5.74) is 4.78. The van der Waals surface area contributed by atoms with Gasteiger partial charge in [0.05, 0.1) is 13.2 Å². The molecule has 4 aromatic rings. The number of hydrogen-bond donors (Lipinski definition) is 1. The van der Waals surface area contributed by atoms with Gasteiger partial charge in [0.15, 0.2) is 0 Å². The first-order valence-electron chi connectivity index (χ1n) is 17.4. The molecule has 0 saturated carbocycles. The lowest BCUT2D eigenvalue weighted by Gasteiger charge is -2.14. The minimum absolute atomic E-state index is 0.151. The summed E-state index contributed by atoms with van der Waals surface area (Å²) in [5.74, 6) is 3.15. The smallest absolute Gasteiger partial charge is 0.122 e. The van der Waals surface area contributed by atoms with Gasteiger partial charge in [0, 0.05) is 0 Å². The van der Waals surface area contributed by atoms with Crippen molar-refractivity contribution in [3.8, 4) is 23.0 Å². The molecule has 0 radical (unpaired) electrons. The van der Waals surface area contributed by atoms with Gasteiger partial charge < -0.3 is 33.5 Å². The van der Waals surface area contributed by atoms with Gasteiger partial charge in [-0.15, -0.1) is 0 Å². The Labute approximate surface area is 287 Å². The molecule has 2 heterocycles. The molecular weight excluding hydrogens is 604 g/mol. The summed E-state index contributed by atoms with van der Waals surface area (Å²) in [5, 5.41) is 10.4. The SMILES string of the molecule is CC.CC.CC.OC(COc1ccc(Cc2ccc(OCC3CO3)cc2)cc1)COc1ccc(Cc2ccc(OCC3CO3)cc2)cc1. The largest absolute Gasteiger partial charge is 0.491 e. The van der Waals surface area contributed by atoms with E-state index in [1.807, 2.05) is 114 Å². The molecule has 2 aliphatic rings. The van der Waals surface area contributed by atoms with Gasteiger partial charge in [0.25, 0.3) is 0 Å². The molecule has 260 valence electrons. The van der Waals surface area contributed by atoms with Crippen LogP contribution < -0.4 is 18.9 Å². The standard InChI is InChI=1S/C35H36O7.3C2H6/c36-29(19-37-30-9-1-25(2-10-30)17-27-5-13-32(14-6-27)39-21-34-23-41-34)20-38-31-11-3-26(4-12-31)18-28-7-15-33(16-8-28)40-22-35-24-42-35;3*1-2/h1-16,29,34-36H,17-24H2;3*1-2H3. The predicted molar refractivity (Wildman–Crippen MR) is 193 cm³/mol. The van der Waals surface area contributed by atoms with E-state index in [1.165, 1.54) is 22.3 Å². The highest BCUT2D eigenvalue weighted by atomic mass is 16.6. The van der Waals surface area contributed by atoms with E-state index in [-0.39, 0.29) is 25.4 Å². The van der Waals surface area contributed by atoms with Crippen molar-refractivity contribution in [2.45, 2.75) is 72.7 Å². The Hall–Kier alpha value is -4.04. The number of aliphatic hydroxyl groups is 1. The van der Waals surface area contributed by atoms with Gasteiger partial charge in [-0.2, -0.15) is 0 Å². The van der Waals surface area contributed by atoms with E-state index < -0.39 is 6.10 Å². The maximum Gasteiger partial charge on any atom is 0.122 e. The zero-order chi connectivity index (χ0) is 34.6. The van der Waals surface area contributed by atoms with Crippen LogP contribution in [0.1, 0.15) is 63.8 Å². The molecule has 2 unspecified atom stereocenters. The second kappa shape index (κ2) is 21.8. The molecule has 6 rings (SSSR count). The van der Waals surface area contributed by atoms with Gasteiger partial charge in [-0.1, -0.05) is 90.1 Å². The van der Waals surface area contributed by atoms with Crippen LogP contribution in [0.2, 0.25) is 0 Å². The number of hydrogen-bond acceptors (Lipinski definition) is 7. The highest BCUT2D eigenvalue weighted by molar-refractivity contribution is 5.35. The van der Waals surface area contributed by atoms with E-state index in [1.54, 1.807) is 0 Å². The fraction of sp³-hybridized carbons (Fsp3) is 0.415. The third kappa shape index (κ3) is 14.4. The molecular formula is C41H54O7. The number of epoxide rings is 2. The van der Waals surface area contributed by atoms with Crippen LogP contribution in [0.5, 0.6) is 23.0 Å². The fourth-order valence-electron chi connectivity index (χ4n) is 4.43. The maximum absolute atomic E-state index is 10.4. The van der Waals surface area contributed by atoms with Gasteiger partial charge in [0.2, 0.25) is 0 Å². The van der Waals surface area contributed by atoms with Gasteiger partial charge in [-0.3, -0.25) is 0 Å². The van der Waals surface area contributed by atoms with E-state index in [0.29, 0.717) is 24.7 Å². The highest BCUT2D eigenvalue weighted by Gasteiger charge is 2.23. The fourth-order valence-corrected chi connectivity index (χ4v) is 4.43. The van der Waals surface area contributed by atoms with E-state index in [0.717, 1.165) is 37.6 Å². The first kappa shape index (κ1) is 38.4. The van der Waals surface area contributed by atoms with Crippen molar-refractivity contribution in [1.82, 2.24) is 0 Å². The van der Waals surface area contributed by atoms with Gasteiger partial charge in [-0.05, 0) is 83.6 Å². The Bertz CT molecular complexity index is 1270. The number of benzene rings is 4. The zero-order valence-electron chi connectivity index (χ0n) is 29.5. The topological polar surface area (TPSA) is 82.2 Å². The van der Waals surface area contributed by atoms with Crippen molar-refractivity contribution in [3.05, 3.63) is 119 Å². The Balaban J connectivity index is 0.000000987. The summed E-state index contributed by atoms with van der Waals surface area (Å²) in [6.07, 6.45) is 1.40. The Kier molecular flexibility index (Phi) is 17.4. The van der Waals surface area contributed by atoms with Crippen LogP contribution in [0.3, 0.4) is 0 Å². The molecule has 2 saturated heterocycles. The lowest BCUT2D eigenvalue weighted by molar-refractivity contribution is 0.0626. The van der Waals surface area contributed by atoms with Crippen molar-refractivity contribution in [3.63, 3.8) is 0 Å². The monoisotopic (exact) mass is 658 g/mol. The molecule has 7 heteroatoms.